The third-order valence-electron chi connectivity index (χ3n) is 4.52. The molecule has 2 aromatic carbocycles. The van der Waals surface area contributed by atoms with E-state index < -0.39 is 11.6 Å². The number of carbonyl (C=O) groups excluding carboxylic acids is 1. The molecule has 0 unspecified atom stereocenters. The fraction of sp³-hybridized carbons (Fsp3) is 0.150. The Hall–Kier alpha value is -3.95. The standard InChI is InChI=1S/C20H17F2N7O/c1-13-10-24-28(11-15-9-16(21)4-7-18(15)22)20(13)25-19(30)8-14-2-5-17(6-3-14)29-12-23-26-27-29/h2-7,9-10,12H,8,11H2,1H3,(H,25,30). The van der Waals surface area contributed by atoms with Crippen LogP contribution in [0.2, 0.25) is 0 Å². The Labute approximate surface area is 170 Å². The van der Waals surface area contributed by atoms with Gasteiger partial charge < -0.3 is 5.32 Å². The van der Waals surface area contributed by atoms with Gasteiger partial charge in [0.2, 0.25) is 5.91 Å². The fourth-order valence-corrected chi connectivity index (χ4v) is 3.00. The summed E-state index contributed by atoms with van der Waals surface area (Å²) in [4.78, 5) is 12.5. The number of aromatic nitrogens is 6. The summed E-state index contributed by atoms with van der Waals surface area (Å²) in [7, 11) is 0. The molecule has 1 N–H and O–H groups in total. The molecule has 0 bridgehead atoms. The number of aryl methyl sites for hydroxylation is 1. The molecule has 152 valence electrons. The first-order chi connectivity index (χ1) is 14.5. The van der Waals surface area contributed by atoms with Crippen LogP contribution in [0.1, 0.15) is 16.7 Å². The monoisotopic (exact) mass is 409 g/mol. The maximum atomic E-state index is 14.0. The Morgan fingerprint density at radius 2 is 1.93 bits per heavy atom. The zero-order chi connectivity index (χ0) is 21.1. The van der Waals surface area contributed by atoms with Crippen LogP contribution in [0.25, 0.3) is 5.69 Å². The molecule has 0 aliphatic heterocycles. The molecular weight excluding hydrogens is 392 g/mol. The van der Waals surface area contributed by atoms with Crippen LogP contribution >= 0.6 is 0 Å². The molecule has 10 heteroatoms. The first-order valence-electron chi connectivity index (χ1n) is 9.08. The van der Waals surface area contributed by atoms with E-state index in [1.54, 1.807) is 25.3 Å². The molecular formula is C20H17F2N7O. The van der Waals surface area contributed by atoms with Gasteiger partial charge in [-0.05, 0) is 53.2 Å². The third kappa shape index (κ3) is 4.22. The Morgan fingerprint density at radius 3 is 2.67 bits per heavy atom. The second-order valence-corrected chi connectivity index (χ2v) is 6.72. The predicted molar refractivity (Wildman–Crippen MR) is 104 cm³/mol. The lowest BCUT2D eigenvalue weighted by Crippen LogP contribution is -2.19. The second-order valence-electron chi connectivity index (χ2n) is 6.72. The van der Waals surface area contributed by atoms with Gasteiger partial charge in [-0.25, -0.2) is 18.1 Å². The Balaban J connectivity index is 1.46. The van der Waals surface area contributed by atoms with Gasteiger partial charge in [0.1, 0.15) is 23.8 Å². The van der Waals surface area contributed by atoms with Gasteiger partial charge in [0.05, 0.1) is 24.8 Å². The molecule has 4 rings (SSSR count). The van der Waals surface area contributed by atoms with Crippen molar-refractivity contribution in [1.82, 2.24) is 30.0 Å². The number of tetrazole rings is 1. The molecule has 30 heavy (non-hydrogen) atoms. The van der Waals surface area contributed by atoms with E-state index in [0.29, 0.717) is 11.4 Å². The normalized spacial score (nSPS) is 10.9. The van der Waals surface area contributed by atoms with Gasteiger partial charge >= 0.3 is 0 Å². The average Bonchev–Trinajstić information content (AvgIpc) is 3.37. The zero-order valence-electron chi connectivity index (χ0n) is 16.0. The molecule has 2 heterocycles. The Kier molecular flexibility index (Phi) is 5.29. The topological polar surface area (TPSA) is 90.5 Å². The van der Waals surface area contributed by atoms with E-state index in [9.17, 15) is 13.6 Å². The molecule has 4 aromatic rings. The summed E-state index contributed by atoms with van der Waals surface area (Å²) in [5, 5.41) is 18.0. The van der Waals surface area contributed by atoms with E-state index >= 15 is 0 Å². The number of nitrogens with one attached hydrogen (secondary N) is 1. The summed E-state index contributed by atoms with van der Waals surface area (Å²) in [5.41, 5.74) is 2.43. The number of amides is 1. The van der Waals surface area contributed by atoms with E-state index in [2.05, 4.69) is 25.9 Å². The number of benzene rings is 2. The number of hydrogen-bond donors (Lipinski definition) is 1. The summed E-state index contributed by atoms with van der Waals surface area (Å²) in [6.07, 6.45) is 3.18. The first kappa shape index (κ1) is 19.4. The third-order valence-corrected chi connectivity index (χ3v) is 4.52. The lowest BCUT2D eigenvalue weighted by atomic mass is 10.1. The quantitative estimate of drug-likeness (QED) is 0.529. The van der Waals surface area contributed by atoms with Gasteiger partial charge in [-0.1, -0.05) is 12.1 Å². The number of halogens is 2. The van der Waals surface area contributed by atoms with Crippen LogP contribution in [0.5, 0.6) is 0 Å². The van der Waals surface area contributed by atoms with Crippen molar-refractivity contribution in [1.29, 1.82) is 0 Å². The highest BCUT2D eigenvalue weighted by Gasteiger charge is 2.14. The van der Waals surface area contributed by atoms with E-state index in [0.717, 1.165) is 29.4 Å². The minimum Gasteiger partial charge on any atom is -0.310 e. The van der Waals surface area contributed by atoms with Crippen molar-refractivity contribution in [3.05, 3.63) is 83.3 Å². The van der Waals surface area contributed by atoms with Gasteiger partial charge in [0.25, 0.3) is 0 Å². The molecule has 1 amide bonds. The second kappa shape index (κ2) is 8.19. The van der Waals surface area contributed by atoms with Gasteiger partial charge in [0.15, 0.2) is 0 Å². The number of carbonyl (C=O) groups is 1. The van der Waals surface area contributed by atoms with Crippen molar-refractivity contribution in [3.63, 3.8) is 0 Å². The summed E-state index contributed by atoms with van der Waals surface area (Å²) in [5.74, 6) is -0.890. The van der Waals surface area contributed by atoms with Crippen LogP contribution in [0, 0.1) is 18.6 Å². The molecule has 0 fully saturated rings. The van der Waals surface area contributed by atoms with E-state index in [-0.39, 0.29) is 24.4 Å². The predicted octanol–water partition coefficient (Wildman–Crippen LogP) is 2.67. The molecule has 0 aliphatic carbocycles. The van der Waals surface area contributed by atoms with Crippen molar-refractivity contribution in [2.45, 2.75) is 19.9 Å². The molecule has 0 saturated carbocycles. The number of nitrogens with zero attached hydrogens (tertiary/aromatic N) is 6. The molecule has 0 spiro atoms. The lowest BCUT2D eigenvalue weighted by Gasteiger charge is -2.11. The van der Waals surface area contributed by atoms with Crippen molar-refractivity contribution in [2.75, 3.05) is 5.32 Å². The molecule has 0 radical (unpaired) electrons. The maximum Gasteiger partial charge on any atom is 0.229 e. The van der Waals surface area contributed by atoms with E-state index in [1.807, 2.05) is 12.1 Å². The summed E-state index contributed by atoms with van der Waals surface area (Å²) in [6, 6.07) is 10.5. The van der Waals surface area contributed by atoms with Gasteiger partial charge in [-0.2, -0.15) is 5.10 Å². The number of rotatable bonds is 6. The van der Waals surface area contributed by atoms with Gasteiger partial charge in [-0.15, -0.1) is 5.10 Å². The van der Waals surface area contributed by atoms with Crippen molar-refractivity contribution in [2.24, 2.45) is 0 Å². The molecule has 0 saturated heterocycles. The Bertz CT molecular complexity index is 1170. The van der Waals surface area contributed by atoms with Crippen molar-refractivity contribution >= 4 is 11.7 Å². The summed E-state index contributed by atoms with van der Waals surface area (Å²) in [6.45, 7) is 1.77. The highest BCUT2D eigenvalue weighted by Crippen LogP contribution is 2.19. The average molecular weight is 409 g/mol. The van der Waals surface area contributed by atoms with Crippen LogP contribution in [-0.4, -0.2) is 35.9 Å². The smallest absolute Gasteiger partial charge is 0.229 e. The maximum absolute atomic E-state index is 14.0. The molecule has 0 aliphatic rings. The minimum absolute atomic E-state index is 0.00627. The van der Waals surface area contributed by atoms with Crippen molar-refractivity contribution in [3.8, 4) is 5.69 Å². The van der Waals surface area contributed by atoms with Crippen LogP contribution in [-0.2, 0) is 17.8 Å². The van der Waals surface area contributed by atoms with Crippen LogP contribution in [0.3, 0.4) is 0 Å². The van der Waals surface area contributed by atoms with E-state index in [4.69, 9.17) is 0 Å². The van der Waals surface area contributed by atoms with Crippen molar-refractivity contribution < 1.29 is 13.6 Å². The first-order valence-corrected chi connectivity index (χ1v) is 9.08. The highest BCUT2D eigenvalue weighted by atomic mass is 19.1. The highest BCUT2D eigenvalue weighted by molar-refractivity contribution is 5.92. The summed E-state index contributed by atoms with van der Waals surface area (Å²) >= 11 is 0. The number of hydrogen-bond acceptors (Lipinski definition) is 5. The molecule has 0 atom stereocenters. The van der Waals surface area contributed by atoms with Gasteiger partial charge in [0, 0.05) is 11.1 Å². The molecule has 8 nitrogen and oxygen atoms in total. The molecule has 2 aromatic heterocycles. The lowest BCUT2D eigenvalue weighted by molar-refractivity contribution is -0.115. The summed E-state index contributed by atoms with van der Waals surface area (Å²) < 4.78 is 30.4. The Morgan fingerprint density at radius 1 is 1.13 bits per heavy atom. The SMILES string of the molecule is Cc1cnn(Cc2cc(F)ccc2F)c1NC(=O)Cc1ccc(-n2cnnn2)cc1. The number of anilines is 1. The van der Waals surface area contributed by atoms with E-state index in [1.165, 1.54) is 15.7 Å². The minimum atomic E-state index is -0.537. The zero-order valence-corrected chi connectivity index (χ0v) is 16.0. The largest absolute Gasteiger partial charge is 0.310 e. The van der Waals surface area contributed by atoms with Gasteiger partial charge in [-0.3, -0.25) is 4.79 Å². The fourth-order valence-electron chi connectivity index (χ4n) is 3.00. The van der Waals surface area contributed by atoms with Crippen LogP contribution in [0.4, 0.5) is 14.6 Å². The van der Waals surface area contributed by atoms with Crippen LogP contribution in [0.15, 0.2) is 55.0 Å². The van der Waals surface area contributed by atoms with Crippen LogP contribution < -0.4 is 5.32 Å².